The van der Waals surface area contributed by atoms with Gasteiger partial charge in [0.1, 0.15) is 5.75 Å². The van der Waals surface area contributed by atoms with E-state index in [1.807, 2.05) is 18.2 Å². The van der Waals surface area contributed by atoms with E-state index in [1.54, 1.807) is 20.3 Å². The second-order valence-electron chi connectivity index (χ2n) is 8.79. The Balaban J connectivity index is 0.00000342. The van der Waals surface area contributed by atoms with E-state index in [9.17, 15) is 4.79 Å². The molecule has 1 amide bonds. The largest absolute Gasteiger partial charge is 0.496 e. The standard InChI is InChI=1S/C28H34N2O4.ClH/c1-32-15-16-34-20-22-8-10-23-9-7-21(17-24(23)18-22)19-30-13-11-25(12-14-30)29-28(31)26-5-3-4-6-27(26)33-2;/h3-10,17-18,25H,11-16,19-20H2,1-2H3,(H,29,31);1H. The van der Waals surface area contributed by atoms with Gasteiger partial charge in [-0.3, -0.25) is 9.69 Å². The summed E-state index contributed by atoms with van der Waals surface area (Å²) in [5.41, 5.74) is 3.07. The van der Waals surface area contributed by atoms with Crippen LogP contribution in [0.2, 0.25) is 0 Å². The molecule has 0 spiro atoms. The van der Waals surface area contributed by atoms with E-state index in [4.69, 9.17) is 14.2 Å². The number of carbonyl (C=O) groups excluding carboxylic acids is 1. The zero-order chi connectivity index (χ0) is 23.8. The minimum atomic E-state index is -0.0626. The van der Waals surface area contributed by atoms with Gasteiger partial charge >= 0.3 is 0 Å². The predicted octanol–water partition coefficient (Wildman–Crippen LogP) is 4.83. The third-order valence-corrected chi connectivity index (χ3v) is 6.35. The molecule has 7 heteroatoms. The Hall–Kier alpha value is -2.64. The molecule has 0 atom stereocenters. The molecule has 1 aliphatic heterocycles. The minimum absolute atomic E-state index is 0. The highest BCUT2D eigenvalue weighted by Crippen LogP contribution is 2.22. The molecule has 6 nitrogen and oxygen atoms in total. The Kier molecular flexibility index (Phi) is 10.4. The number of piperidine rings is 1. The highest BCUT2D eigenvalue weighted by atomic mass is 35.5. The monoisotopic (exact) mass is 498 g/mol. The Morgan fingerprint density at radius 3 is 2.40 bits per heavy atom. The highest BCUT2D eigenvalue weighted by Gasteiger charge is 2.22. The maximum Gasteiger partial charge on any atom is 0.255 e. The number of carbonyl (C=O) groups is 1. The van der Waals surface area contributed by atoms with Crippen molar-refractivity contribution in [1.82, 2.24) is 10.2 Å². The summed E-state index contributed by atoms with van der Waals surface area (Å²) in [4.78, 5) is 15.2. The van der Waals surface area contributed by atoms with Gasteiger partial charge in [-0.2, -0.15) is 0 Å². The lowest BCUT2D eigenvalue weighted by atomic mass is 10.0. The molecule has 1 saturated heterocycles. The van der Waals surface area contributed by atoms with Gasteiger partial charge in [-0.15, -0.1) is 12.4 Å². The van der Waals surface area contributed by atoms with Crippen LogP contribution in [0, 0.1) is 0 Å². The second-order valence-corrected chi connectivity index (χ2v) is 8.79. The van der Waals surface area contributed by atoms with Gasteiger partial charge in [0.05, 0.1) is 32.5 Å². The van der Waals surface area contributed by atoms with E-state index in [0.29, 0.717) is 31.1 Å². The first-order valence-electron chi connectivity index (χ1n) is 11.9. The summed E-state index contributed by atoms with van der Waals surface area (Å²) in [5, 5.41) is 5.66. The van der Waals surface area contributed by atoms with Crippen LogP contribution in [0.3, 0.4) is 0 Å². The molecule has 0 aliphatic carbocycles. The molecule has 1 aliphatic rings. The van der Waals surface area contributed by atoms with Gasteiger partial charge in [-0.1, -0.05) is 36.4 Å². The number of nitrogens with zero attached hydrogens (tertiary/aromatic N) is 1. The van der Waals surface area contributed by atoms with E-state index in [0.717, 1.165) is 32.5 Å². The van der Waals surface area contributed by atoms with Gasteiger partial charge in [0.15, 0.2) is 0 Å². The molecular formula is C28H35ClN2O4. The van der Waals surface area contributed by atoms with E-state index >= 15 is 0 Å². The SMILES string of the molecule is COCCOCc1ccc2ccc(CN3CCC(NC(=O)c4ccccc4OC)CC3)cc2c1.Cl. The van der Waals surface area contributed by atoms with Crippen LogP contribution in [0.25, 0.3) is 10.8 Å². The number of benzene rings is 3. The van der Waals surface area contributed by atoms with Crippen LogP contribution in [0.1, 0.15) is 34.3 Å². The van der Waals surface area contributed by atoms with E-state index in [-0.39, 0.29) is 24.4 Å². The third kappa shape index (κ3) is 7.42. The van der Waals surface area contributed by atoms with Crippen LogP contribution in [0.5, 0.6) is 5.75 Å². The zero-order valence-corrected chi connectivity index (χ0v) is 21.3. The Morgan fingerprint density at radius 1 is 0.943 bits per heavy atom. The highest BCUT2D eigenvalue weighted by molar-refractivity contribution is 5.97. The van der Waals surface area contributed by atoms with Crippen molar-refractivity contribution >= 4 is 29.1 Å². The fraction of sp³-hybridized carbons (Fsp3) is 0.393. The first kappa shape index (κ1) is 27.0. The summed E-state index contributed by atoms with van der Waals surface area (Å²) in [5.74, 6) is 0.547. The molecule has 3 aromatic carbocycles. The van der Waals surface area contributed by atoms with Crippen molar-refractivity contribution in [2.45, 2.75) is 32.0 Å². The van der Waals surface area contributed by atoms with Crippen molar-refractivity contribution in [2.75, 3.05) is 40.5 Å². The van der Waals surface area contributed by atoms with Crippen molar-refractivity contribution in [3.05, 3.63) is 77.4 Å². The molecule has 35 heavy (non-hydrogen) atoms. The summed E-state index contributed by atoms with van der Waals surface area (Å²) in [6.45, 7) is 4.64. The molecule has 188 valence electrons. The Bertz CT molecular complexity index is 1100. The summed E-state index contributed by atoms with van der Waals surface area (Å²) >= 11 is 0. The molecule has 0 bridgehead atoms. The van der Waals surface area contributed by atoms with Gasteiger partial charge in [0.2, 0.25) is 0 Å². The lowest BCUT2D eigenvalue weighted by Crippen LogP contribution is -2.44. The average Bonchev–Trinajstić information content (AvgIpc) is 2.87. The van der Waals surface area contributed by atoms with Crippen LogP contribution < -0.4 is 10.1 Å². The fourth-order valence-electron chi connectivity index (χ4n) is 4.46. The molecule has 0 radical (unpaired) electrons. The predicted molar refractivity (Wildman–Crippen MR) is 141 cm³/mol. The minimum Gasteiger partial charge on any atom is -0.496 e. The normalized spacial score (nSPS) is 14.5. The number of methoxy groups -OCH3 is 2. The number of fused-ring (bicyclic) bond motifs is 1. The first-order valence-corrected chi connectivity index (χ1v) is 11.9. The smallest absolute Gasteiger partial charge is 0.255 e. The van der Waals surface area contributed by atoms with Crippen LogP contribution in [-0.2, 0) is 22.6 Å². The van der Waals surface area contributed by atoms with Crippen molar-refractivity contribution in [2.24, 2.45) is 0 Å². The molecule has 0 aromatic heterocycles. The van der Waals surface area contributed by atoms with E-state index in [2.05, 4.69) is 46.6 Å². The van der Waals surface area contributed by atoms with Crippen LogP contribution >= 0.6 is 12.4 Å². The first-order chi connectivity index (χ1) is 16.7. The lowest BCUT2D eigenvalue weighted by Gasteiger charge is -2.32. The Morgan fingerprint density at radius 2 is 1.66 bits per heavy atom. The van der Waals surface area contributed by atoms with Crippen LogP contribution in [0.15, 0.2) is 60.7 Å². The topological polar surface area (TPSA) is 60.0 Å². The van der Waals surface area contributed by atoms with Gasteiger partial charge < -0.3 is 19.5 Å². The maximum absolute atomic E-state index is 12.7. The van der Waals surface area contributed by atoms with Crippen molar-refractivity contribution in [1.29, 1.82) is 0 Å². The summed E-state index contributed by atoms with van der Waals surface area (Å²) < 4.78 is 16.0. The number of hydrogen-bond donors (Lipinski definition) is 1. The average molecular weight is 499 g/mol. The van der Waals surface area contributed by atoms with Gasteiger partial charge in [-0.05, 0) is 59.0 Å². The maximum atomic E-state index is 12.7. The lowest BCUT2D eigenvalue weighted by molar-refractivity contribution is 0.0617. The second kappa shape index (κ2) is 13.4. The summed E-state index contributed by atoms with van der Waals surface area (Å²) in [6, 6.07) is 20.7. The summed E-state index contributed by atoms with van der Waals surface area (Å²) in [6.07, 6.45) is 1.88. The molecule has 1 fully saturated rings. The number of para-hydroxylation sites is 1. The number of ether oxygens (including phenoxy) is 3. The van der Waals surface area contributed by atoms with Gasteiger partial charge in [0, 0.05) is 32.8 Å². The zero-order valence-electron chi connectivity index (χ0n) is 20.5. The van der Waals surface area contributed by atoms with Gasteiger partial charge in [-0.25, -0.2) is 0 Å². The van der Waals surface area contributed by atoms with Crippen LogP contribution in [-0.4, -0.2) is 57.4 Å². The van der Waals surface area contributed by atoms with Crippen molar-refractivity contribution in [3.8, 4) is 5.75 Å². The fourth-order valence-corrected chi connectivity index (χ4v) is 4.46. The van der Waals surface area contributed by atoms with E-state index < -0.39 is 0 Å². The number of likely N-dealkylation sites (tertiary alicyclic amines) is 1. The molecule has 0 saturated carbocycles. The number of hydrogen-bond acceptors (Lipinski definition) is 5. The third-order valence-electron chi connectivity index (χ3n) is 6.35. The van der Waals surface area contributed by atoms with Crippen LogP contribution in [0.4, 0.5) is 0 Å². The Labute approximate surface area is 214 Å². The molecule has 4 rings (SSSR count). The number of nitrogens with one attached hydrogen (secondary N) is 1. The number of amides is 1. The number of halogens is 1. The van der Waals surface area contributed by atoms with Crippen molar-refractivity contribution in [3.63, 3.8) is 0 Å². The molecule has 0 unspecified atom stereocenters. The number of rotatable bonds is 10. The van der Waals surface area contributed by atoms with Crippen molar-refractivity contribution < 1.29 is 19.0 Å². The molecular weight excluding hydrogens is 464 g/mol. The molecule has 1 N–H and O–H groups in total. The molecule has 1 heterocycles. The van der Waals surface area contributed by atoms with E-state index in [1.165, 1.54) is 21.9 Å². The quantitative estimate of drug-likeness (QED) is 0.406. The van der Waals surface area contributed by atoms with Gasteiger partial charge in [0.25, 0.3) is 5.91 Å². The summed E-state index contributed by atoms with van der Waals surface area (Å²) in [7, 11) is 3.27. The molecule has 3 aromatic rings.